The second-order valence-electron chi connectivity index (χ2n) is 12.5. The Morgan fingerprint density at radius 2 is 0.623 bits per heavy atom. The van der Waals surface area contributed by atoms with E-state index in [4.69, 9.17) is 18.9 Å². The van der Waals surface area contributed by atoms with E-state index in [9.17, 15) is 39.6 Å². The molecule has 0 heterocycles. The zero-order valence-corrected chi connectivity index (χ0v) is 30.1. The molecule has 0 unspecified atom stereocenters. The molecule has 4 rings (SSSR count). The smallest absolute Gasteiger partial charge is 0.203 e. The lowest BCUT2D eigenvalue weighted by atomic mass is 9.67. The minimum absolute atomic E-state index is 0.0323. The second kappa shape index (κ2) is 17.9. The zero-order valence-electron chi connectivity index (χ0n) is 30.1. The summed E-state index contributed by atoms with van der Waals surface area (Å²) in [7, 11) is 5.51. The lowest BCUT2D eigenvalue weighted by Crippen LogP contribution is -2.53. The molecule has 0 bridgehead atoms. The summed E-state index contributed by atoms with van der Waals surface area (Å²) in [4.78, 5) is 58.2. The molecular weight excluding hydrogens is 684 g/mol. The molecule has 12 heteroatoms. The Bertz CT molecular complexity index is 1680. The van der Waals surface area contributed by atoms with Gasteiger partial charge in [0.15, 0.2) is 69.1 Å². The highest BCUT2D eigenvalue weighted by atomic mass is 16.5. The standard InChI is InChI=1S/C41H44O12/c1-50-33-21-25(5-13-29(33)42)9-17-37(46)41(38(47)18-10-26-6-14-30(43)34(22-26)51-2,39(48)19-11-27-7-15-31(44)35(23-27)52-3)40(49)20-12-28-8-16-32(45)36(24-28)53-4/h5-8,13-16,21-24,42-45H,9-12,17-20H2,1-4H3. The molecule has 4 N–H and O–H groups in total. The third-order valence-corrected chi connectivity index (χ3v) is 9.21. The molecule has 0 radical (unpaired) electrons. The molecule has 4 aromatic rings. The number of ether oxygens (including phenoxy) is 4. The monoisotopic (exact) mass is 728 g/mol. The first-order valence-electron chi connectivity index (χ1n) is 16.9. The van der Waals surface area contributed by atoms with E-state index in [1.807, 2.05) is 0 Å². The molecule has 0 aliphatic heterocycles. The molecule has 0 saturated heterocycles. The van der Waals surface area contributed by atoms with Crippen LogP contribution in [0.25, 0.3) is 0 Å². The van der Waals surface area contributed by atoms with E-state index in [1.165, 1.54) is 77.0 Å². The van der Waals surface area contributed by atoms with Gasteiger partial charge in [-0.15, -0.1) is 0 Å². The minimum Gasteiger partial charge on any atom is -0.504 e. The third-order valence-electron chi connectivity index (χ3n) is 9.21. The summed E-state index contributed by atoms with van der Waals surface area (Å²) in [5, 5.41) is 40.3. The van der Waals surface area contributed by atoms with Crippen molar-refractivity contribution in [2.45, 2.75) is 51.4 Å². The van der Waals surface area contributed by atoms with E-state index in [1.54, 1.807) is 24.3 Å². The van der Waals surface area contributed by atoms with E-state index in [-0.39, 0.29) is 97.4 Å². The van der Waals surface area contributed by atoms with E-state index in [0.717, 1.165) is 0 Å². The van der Waals surface area contributed by atoms with E-state index < -0.39 is 28.5 Å². The number of ketones is 4. The van der Waals surface area contributed by atoms with Crippen LogP contribution in [0.5, 0.6) is 46.0 Å². The van der Waals surface area contributed by atoms with Crippen molar-refractivity contribution in [1.29, 1.82) is 0 Å². The molecule has 0 aromatic heterocycles. The van der Waals surface area contributed by atoms with E-state index in [2.05, 4.69) is 0 Å². The highest BCUT2D eigenvalue weighted by Gasteiger charge is 2.55. The molecule has 12 nitrogen and oxygen atoms in total. The van der Waals surface area contributed by atoms with Crippen LogP contribution in [-0.4, -0.2) is 72.0 Å². The SMILES string of the molecule is COc1cc(CCC(=O)C(C(=O)CCc2ccc(O)c(OC)c2)(C(=O)CCc2ccc(O)c(OC)c2)C(=O)CCc2ccc(O)c(OC)c2)ccc1O. The fraction of sp³-hybridized carbons (Fsp3) is 0.317. The Hall–Kier alpha value is -6.04. The van der Waals surface area contributed by atoms with Gasteiger partial charge in [0, 0.05) is 25.7 Å². The molecule has 0 amide bonds. The highest BCUT2D eigenvalue weighted by molar-refractivity contribution is 6.38. The number of phenolic OH excluding ortho intramolecular Hbond substituents is 4. The Morgan fingerprint density at radius 3 is 0.811 bits per heavy atom. The van der Waals surface area contributed by atoms with Crippen molar-refractivity contribution in [2.24, 2.45) is 5.41 Å². The number of Topliss-reactive ketones (excluding diaryl/α,β-unsaturated/α-hetero) is 4. The van der Waals surface area contributed by atoms with Crippen LogP contribution in [-0.2, 0) is 44.9 Å². The van der Waals surface area contributed by atoms with Gasteiger partial charge in [0.2, 0.25) is 5.41 Å². The van der Waals surface area contributed by atoms with Crippen molar-refractivity contribution in [1.82, 2.24) is 0 Å². The number of methoxy groups -OCH3 is 4. The number of carbonyl (C=O) groups excluding carboxylic acids is 4. The van der Waals surface area contributed by atoms with Crippen LogP contribution in [0, 0.1) is 5.41 Å². The maximum atomic E-state index is 14.6. The van der Waals surface area contributed by atoms with Gasteiger partial charge >= 0.3 is 0 Å². The van der Waals surface area contributed by atoms with Crippen LogP contribution in [0.2, 0.25) is 0 Å². The Balaban J connectivity index is 1.75. The van der Waals surface area contributed by atoms with Crippen molar-refractivity contribution >= 4 is 23.1 Å². The summed E-state index contributed by atoms with van der Waals surface area (Å²) in [6, 6.07) is 18.0. The number of benzene rings is 4. The zero-order chi connectivity index (χ0) is 38.7. The predicted octanol–water partition coefficient (Wildman–Crippen LogP) is 5.64. The summed E-state index contributed by atoms with van der Waals surface area (Å²) < 4.78 is 20.8. The van der Waals surface area contributed by atoms with Crippen LogP contribution in [0.3, 0.4) is 0 Å². The van der Waals surface area contributed by atoms with Gasteiger partial charge in [-0.2, -0.15) is 0 Å². The largest absolute Gasteiger partial charge is 0.504 e. The normalized spacial score (nSPS) is 11.1. The quantitative estimate of drug-likeness (QED) is 0.0823. The molecule has 4 aromatic carbocycles. The van der Waals surface area contributed by atoms with Gasteiger partial charge in [-0.1, -0.05) is 24.3 Å². The second-order valence-corrected chi connectivity index (χ2v) is 12.5. The number of hydrogen-bond donors (Lipinski definition) is 4. The Kier molecular flexibility index (Phi) is 13.5. The summed E-state index contributed by atoms with van der Waals surface area (Å²) in [5.74, 6) is -3.22. The summed E-state index contributed by atoms with van der Waals surface area (Å²) in [6.45, 7) is 0. The lowest BCUT2D eigenvalue weighted by molar-refractivity contribution is -0.155. The van der Waals surface area contributed by atoms with Crippen molar-refractivity contribution in [3.05, 3.63) is 95.1 Å². The number of rotatable bonds is 20. The first kappa shape index (κ1) is 39.7. The molecule has 53 heavy (non-hydrogen) atoms. The van der Waals surface area contributed by atoms with Gasteiger partial charge in [0.1, 0.15) is 0 Å². The van der Waals surface area contributed by atoms with Gasteiger partial charge in [-0.3, -0.25) is 19.2 Å². The van der Waals surface area contributed by atoms with Crippen molar-refractivity contribution < 1.29 is 58.6 Å². The van der Waals surface area contributed by atoms with Crippen LogP contribution in [0.1, 0.15) is 47.9 Å². The third kappa shape index (κ3) is 9.26. The molecule has 0 saturated carbocycles. The topological polar surface area (TPSA) is 186 Å². The van der Waals surface area contributed by atoms with Crippen LogP contribution >= 0.6 is 0 Å². The Labute approximate surface area is 307 Å². The molecule has 0 aliphatic carbocycles. The highest BCUT2D eigenvalue weighted by Crippen LogP contribution is 2.36. The van der Waals surface area contributed by atoms with Gasteiger partial charge in [-0.05, 0) is 96.5 Å². The molecule has 280 valence electrons. The van der Waals surface area contributed by atoms with Gasteiger partial charge in [-0.25, -0.2) is 0 Å². The number of phenols is 4. The molecule has 0 atom stereocenters. The fourth-order valence-corrected chi connectivity index (χ4v) is 6.22. The van der Waals surface area contributed by atoms with Crippen LogP contribution < -0.4 is 18.9 Å². The van der Waals surface area contributed by atoms with Crippen molar-refractivity contribution in [2.75, 3.05) is 28.4 Å². The summed E-state index contributed by atoms with van der Waals surface area (Å²) >= 11 is 0. The first-order valence-corrected chi connectivity index (χ1v) is 16.9. The predicted molar refractivity (Wildman–Crippen MR) is 194 cm³/mol. The van der Waals surface area contributed by atoms with Gasteiger partial charge in [0.25, 0.3) is 0 Å². The van der Waals surface area contributed by atoms with Crippen LogP contribution in [0.4, 0.5) is 0 Å². The van der Waals surface area contributed by atoms with E-state index in [0.29, 0.717) is 22.3 Å². The fourth-order valence-electron chi connectivity index (χ4n) is 6.22. The Morgan fingerprint density at radius 1 is 0.415 bits per heavy atom. The summed E-state index contributed by atoms with van der Waals surface area (Å²) in [5.41, 5.74) is -0.393. The minimum atomic E-state index is -2.66. The van der Waals surface area contributed by atoms with E-state index >= 15 is 0 Å². The maximum Gasteiger partial charge on any atom is 0.203 e. The number of carbonyl (C=O) groups is 4. The first-order chi connectivity index (χ1) is 25.4. The molecule has 0 spiro atoms. The van der Waals surface area contributed by atoms with Gasteiger partial charge in [0.05, 0.1) is 28.4 Å². The van der Waals surface area contributed by atoms with Crippen molar-refractivity contribution in [3.63, 3.8) is 0 Å². The maximum absolute atomic E-state index is 14.6. The molecule has 0 aliphatic rings. The average Bonchev–Trinajstić information content (AvgIpc) is 3.16. The summed E-state index contributed by atoms with van der Waals surface area (Å²) in [6.07, 6.45) is -1.30. The average molecular weight is 729 g/mol. The molecular formula is C41H44O12. The number of hydrogen-bond acceptors (Lipinski definition) is 12. The molecule has 0 fully saturated rings. The van der Waals surface area contributed by atoms with Crippen molar-refractivity contribution in [3.8, 4) is 46.0 Å². The lowest BCUT2D eigenvalue weighted by Gasteiger charge is -2.29. The number of aromatic hydroxyl groups is 4. The van der Waals surface area contributed by atoms with Crippen LogP contribution in [0.15, 0.2) is 72.8 Å². The number of aryl methyl sites for hydroxylation is 4. The van der Waals surface area contributed by atoms with Gasteiger partial charge < -0.3 is 39.4 Å².